The Bertz CT molecular complexity index is 1460. The fourth-order valence-corrected chi connectivity index (χ4v) is 3.82. The summed E-state index contributed by atoms with van der Waals surface area (Å²) in [5, 5.41) is 9.31. The van der Waals surface area contributed by atoms with Crippen molar-refractivity contribution in [1.82, 2.24) is 5.16 Å². The molecule has 0 amide bonds. The number of hydrogen-bond donors (Lipinski definition) is 1. The minimum absolute atomic E-state index is 0.409. The second-order valence-corrected chi connectivity index (χ2v) is 7.72. The van der Waals surface area contributed by atoms with Gasteiger partial charge in [-0.15, -0.1) is 0 Å². The molecule has 3 aromatic carbocycles. The average molecular weight is 449 g/mol. The van der Waals surface area contributed by atoms with Gasteiger partial charge in [-0.3, -0.25) is 0 Å². The first-order chi connectivity index (χ1) is 15.1. The summed E-state index contributed by atoms with van der Waals surface area (Å²) in [4.78, 5) is 11.9. The fourth-order valence-electron chi connectivity index (χ4n) is 3.32. The van der Waals surface area contributed by atoms with Crippen LogP contribution in [0, 0.1) is 0 Å². The van der Waals surface area contributed by atoms with Crippen LogP contribution in [0.3, 0.4) is 0 Å². The Hall–Kier alpha value is -3.54. The van der Waals surface area contributed by atoms with E-state index in [-0.39, 0.29) is 0 Å². The maximum absolute atomic E-state index is 11.9. The lowest BCUT2D eigenvalue weighted by atomic mass is 10.1. The van der Waals surface area contributed by atoms with E-state index in [1.54, 1.807) is 24.3 Å². The first kappa shape index (κ1) is 19.4. The van der Waals surface area contributed by atoms with Gasteiger partial charge < -0.3 is 14.3 Å². The molecule has 31 heavy (non-hydrogen) atoms. The quantitative estimate of drug-likeness (QED) is 0.295. The number of anilines is 2. The number of benzene rings is 3. The maximum atomic E-state index is 11.9. The maximum Gasteiger partial charge on any atom is 0.338 e. The Morgan fingerprint density at radius 3 is 2.48 bits per heavy atom. The standard InChI is InChI=1S/C24H14Cl2N2O3/c25-15-7-10-17(19(26)11-15)23-12-20(28-31-23)14-5-8-16(9-6-14)27-21-13-24(29)30-22-4-2-1-3-18(21)22/h1-13,27H. The van der Waals surface area contributed by atoms with E-state index in [0.717, 1.165) is 22.2 Å². The van der Waals surface area contributed by atoms with Gasteiger partial charge in [0.1, 0.15) is 11.3 Å². The number of hydrogen-bond acceptors (Lipinski definition) is 5. The number of aromatic nitrogens is 1. The third kappa shape index (κ3) is 3.93. The molecule has 0 fully saturated rings. The van der Waals surface area contributed by atoms with Gasteiger partial charge >= 0.3 is 5.63 Å². The molecule has 0 aliphatic heterocycles. The molecule has 2 aromatic heterocycles. The molecule has 0 aliphatic rings. The summed E-state index contributed by atoms with van der Waals surface area (Å²) >= 11 is 12.2. The zero-order chi connectivity index (χ0) is 21.4. The van der Waals surface area contributed by atoms with Crippen LogP contribution in [-0.4, -0.2) is 5.16 Å². The summed E-state index contributed by atoms with van der Waals surface area (Å²) in [5.41, 5.74) is 3.91. The molecule has 0 bridgehead atoms. The lowest BCUT2D eigenvalue weighted by molar-refractivity contribution is 0.435. The lowest BCUT2D eigenvalue weighted by Gasteiger charge is -2.09. The molecule has 2 heterocycles. The first-order valence-corrected chi connectivity index (χ1v) is 10.1. The van der Waals surface area contributed by atoms with Gasteiger partial charge in [-0.25, -0.2) is 4.79 Å². The minimum Gasteiger partial charge on any atom is -0.423 e. The number of rotatable bonds is 4. The molecule has 0 spiro atoms. The molecule has 0 saturated heterocycles. The van der Waals surface area contributed by atoms with Crippen molar-refractivity contribution in [2.75, 3.05) is 5.32 Å². The van der Waals surface area contributed by atoms with E-state index in [9.17, 15) is 4.79 Å². The molecule has 0 aliphatic carbocycles. The van der Waals surface area contributed by atoms with Crippen molar-refractivity contribution >= 4 is 45.5 Å². The third-order valence-corrected chi connectivity index (χ3v) is 5.36. The predicted octanol–water partition coefficient (Wildman–Crippen LogP) is 7.17. The van der Waals surface area contributed by atoms with Gasteiger partial charge in [0.25, 0.3) is 0 Å². The third-order valence-electron chi connectivity index (χ3n) is 4.82. The van der Waals surface area contributed by atoms with Crippen LogP contribution in [0.25, 0.3) is 33.6 Å². The highest BCUT2D eigenvalue weighted by Crippen LogP contribution is 2.33. The summed E-state index contributed by atoms with van der Waals surface area (Å²) in [5.74, 6) is 0.557. The number of nitrogens with zero attached hydrogens (tertiary/aromatic N) is 1. The van der Waals surface area contributed by atoms with Gasteiger partial charge in [0.05, 0.1) is 10.7 Å². The SMILES string of the molecule is O=c1cc(Nc2ccc(-c3cc(-c4ccc(Cl)cc4Cl)on3)cc2)c2ccccc2o1. The van der Waals surface area contributed by atoms with Crippen LogP contribution in [0.15, 0.2) is 92.6 Å². The topological polar surface area (TPSA) is 68.3 Å². The summed E-state index contributed by atoms with van der Waals surface area (Å²) in [7, 11) is 0. The van der Waals surface area contributed by atoms with Crippen LogP contribution in [-0.2, 0) is 0 Å². The van der Waals surface area contributed by atoms with Crippen molar-refractivity contribution in [2.24, 2.45) is 0 Å². The molecular weight excluding hydrogens is 435 g/mol. The van der Waals surface area contributed by atoms with Gasteiger partial charge in [-0.1, -0.05) is 52.6 Å². The van der Waals surface area contributed by atoms with Crippen molar-refractivity contribution in [2.45, 2.75) is 0 Å². The second-order valence-electron chi connectivity index (χ2n) is 6.88. The summed E-state index contributed by atoms with van der Waals surface area (Å²) in [6.07, 6.45) is 0. The predicted molar refractivity (Wildman–Crippen MR) is 123 cm³/mol. The van der Waals surface area contributed by atoms with Crippen molar-refractivity contribution in [3.8, 4) is 22.6 Å². The van der Waals surface area contributed by atoms with Crippen molar-refractivity contribution in [3.63, 3.8) is 0 Å². The van der Waals surface area contributed by atoms with E-state index in [2.05, 4.69) is 10.5 Å². The zero-order valence-electron chi connectivity index (χ0n) is 15.9. The van der Waals surface area contributed by atoms with Crippen molar-refractivity contribution < 1.29 is 8.94 Å². The molecule has 152 valence electrons. The zero-order valence-corrected chi connectivity index (χ0v) is 17.4. The van der Waals surface area contributed by atoms with Crippen LogP contribution >= 0.6 is 23.2 Å². The molecule has 0 atom stereocenters. The van der Waals surface area contributed by atoms with Gasteiger partial charge in [-0.05, 0) is 42.5 Å². The monoisotopic (exact) mass is 448 g/mol. The van der Waals surface area contributed by atoms with Crippen LogP contribution in [0.1, 0.15) is 0 Å². The molecule has 5 nitrogen and oxygen atoms in total. The van der Waals surface area contributed by atoms with Gasteiger partial charge in [0.2, 0.25) is 0 Å². The van der Waals surface area contributed by atoms with E-state index in [1.807, 2.05) is 48.5 Å². The van der Waals surface area contributed by atoms with Crippen LogP contribution in [0.4, 0.5) is 11.4 Å². The lowest BCUT2D eigenvalue weighted by Crippen LogP contribution is -2.01. The van der Waals surface area contributed by atoms with Crippen molar-refractivity contribution in [1.29, 1.82) is 0 Å². The average Bonchev–Trinajstić information content (AvgIpc) is 3.24. The van der Waals surface area contributed by atoms with E-state index < -0.39 is 5.63 Å². The van der Waals surface area contributed by atoms with Gasteiger partial charge in [0.15, 0.2) is 5.76 Å². The van der Waals surface area contributed by atoms with Gasteiger partial charge in [0, 0.05) is 39.4 Å². The second kappa shape index (κ2) is 7.95. The number of halogens is 2. The van der Waals surface area contributed by atoms with E-state index in [4.69, 9.17) is 32.1 Å². The molecule has 7 heteroatoms. The van der Waals surface area contributed by atoms with Crippen molar-refractivity contribution in [3.05, 3.63) is 99.3 Å². The van der Waals surface area contributed by atoms with E-state index >= 15 is 0 Å². The Kier molecular flexibility index (Phi) is 4.98. The fraction of sp³-hybridized carbons (Fsp3) is 0. The smallest absolute Gasteiger partial charge is 0.338 e. The molecular formula is C24H14Cl2N2O3. The minimum atomic E-state index is -0.409. The Morgan fingerprint density at radius 1 is 0.871 bits per heavy atom. The number of nitrogens with one attached hydrogen (secondary N) is 1. The first-order valence-electron chi connectivity index (χ1n) is 9.39. The Morgan fingerprint density at radius 2 is 1.68 bits per heavy atom. The molecule has 1 N–H and O–H groups in total. The summed E-state index contributed by atoms with van der Waals surface area (Å²) in [6, 6.07) is 23.5. The largest absolute Gasteiger partial charge is 0.423 e. The highest BCUT2D eigenvalue weighted by atomic mass is 35.5. The number of fused-ring (bicyclic) bond motifs is 1. The molecule has 0 unspecified atom stereocenters. The Balaban J connectivity index is 1.41. The normalized spacial score (nSPS) is 11.0. The molecule has 5 rings (SSSR count). The van der Waals surface area contributed by atoms with Crippen LogP contribution in [0.2, 0.25) is 10.0 Å². The highest BCUT2D eigenvalue weighted by Gasteiger charge is 2.12. The number of para-hydroxylation sites is 1. The van der Waals surface area contributed by atoms with E-state index in [1.165, 1.54) is 6.07 Å². The van der Waals surface area contributed by atoms with E-state index in [0.29, 0.717) is 32.8 Å². The molecule has 0 saturated carbocycles. The molecule has 5 aromatic rings. The van der Waals surface area contributed by atoms with Crippen LogP contribution < -0.4 is 10.9 Å². The molecule has 0 radical (unpaired) electrons. The summed E-state index contributed by atoms with van der Waals surface area (Å²) < 4.78 is 10.7. The van der Waals surface area contributed by atoms with Crippen LogP contribution in [0.5, 0.6) is 0 Å². The Labute approximate surface area is 186 Å². The highest BCUT2D eigenvalue weighted by molar-refractivity contribution is 6.36. The summed E-state index contributed by atoms with van der Waals surface area (Å²) in [6.45, 7) is 0. The van der Waals surface area contributed by atoms with Gasteiger partial charge in [-0.2, -0.15) is 0 Å².